The number of hydrogen-bond donors (Lipinski definition) is 5. The molecule has 11 heteroatoms. The molecule has 2 amide bonds. The summed E-state index contributed by atoms with van der Waals surface area (Å²) in [6.45, 7) is 0.316. The number of nitrogen functional groups attached to an aromatic ring is 1. The summed E-state index contributed by atoms with van der Waals surface area (Å²) in [6.07, 6.45) is 1.19. The molecule has 1 heterocycles. The average Bonchev–Trinajstić information content (AvgIpc) is 3.22. The number of carbonyl (C=O) groups excluding carboxylic acids is 2. The van der Waals surface area contributed by atoms with Gasteiger partial charge in [-0.3, -0.25) is 9.59 Å². The van der Waals surface area contributed by atoms with E-state index in [1.165, 1.54) is 11.8 Å². The Morgan fingerprint density at radius 3 is 2.18 bits per heavy atom. The molecular weight excluding hydrogens is 715 g/mol. The molecule has 0 saturated carbocycles. The normalized spacial score (nSPS) is 16.6. The molecule has 0 aliphatic carbocycles. The van der Waals surface area contributed by atoms with E-state index in [4.69, 9.17) is 15.2 Å². The number of para-hydroxylation sites is 2. The van der Waals surface area contributed by atoms with Gasteiger partial charge < -0.3 is 36.1 Å². The Morgan fingerprint density at radius 1 is 0.764 bits per heavy atom. The molecule has 6 rings (SSSR count). The van der Waals surface area contributed by atoms with Crippen LogP contribution in [0.3, 0.4) is 0 Å². The number of nitrogens with two attached hydrogens (primary N) is 1. The molecule has 10 nitrogen and oxygen atoms in total. The van der Waals surface area contributed by atoms with Crippen LogP contribution >= 0.6 is 11.8 Å². The van der Waals surface area contributed by atoms with Crippen molar-refractivity contribution < 1.29 is 34.1 Å². The number of carboxylic acids is 1. The van der Waals surface area contributed by atoms with Gasteiger partial charge in [-0.2, -0.15) is 0 Å². The van der Waals surface area contributed by atoms with Crippen LogP contribution in [-0.2, 0) is 32.2 Å². The van der Waals surface area contributed by atoms with Crippen LogP contribution in [0.25, 0.3) is 11.1 Å². The molecule has 1 aliphatic heterocycles. The summed E-state index contributed by atoms with van der Waals surface area (Å²) >= 11 is 1.45. The van der Waals surface area contributed by atoms with Crippen molar-refractivity contribution in [3.8, 4) is 11.1 Å². The molecule has 0 spiro atoms. The number of anilines is 2. The van der Waals surface area contributed by atoms with Crippen molar-refractivity contribution in [2.75, 3.05) is 16.8 Å². The molecule has 284 valence electrons. The van der Waals surface area contributed by atoms with Crippen molar-refractivity contribution in [2.24, 2.45) is 0 Å². The van der Waals surface area contributed by atoms with Crippen molar-refractivity contribution in [1.82, 2.24) is 5.32 Å². The second-order valence-corrected chi connectivity index (χ2v) is 14.4. The largest absolute Gasteiger partial charge is 0.478 e. The third kappa shape index (κ3) is 10.8. The molecule has 1 saturated heterocycles. The third-order valence-corrected chi connectivity index (χ3v) is 10.6. The summed E-state index contributed by atoms with van der Waals surface area (Å²) in [4.78, 5) is 37.5. The van der Waals surface area contributed by atoms with Gasteiger partial charge in [0.2, 0.25) is 11.8 Å². The van der Waals surface area contributed by atoms with Crippen LogP contribution in [0.1, 0.15) is 77.1 Å². The van der Waals surface area contributed by atoms with Crippen LogP contribution in [0, 0.1) is 0 Å². The van der Waals surface area contributed by atoms with E-state index in [1.54, 1.807) is 24.3 Å². The van der Waals surface area contributed by atoms with Gasteiger partial charge >= 0.3 is 5.97 Å². The highest BCUT2D eigenvalue weighted by Crippen LogP contribution is 2.40. The number of carboxylic acid groups (broad SMARTS) is 1. The minimum atomic E-state index is -0.968. The van der Waals surface area contributed by atoms with E-state index in [2.05, 4.69) is 10.6 Å². The van der Waals surface area contributed by atoms with Crippen molar-refractivity contribution in [2.45, 2.75) is 68.6 Å². The molecule has 3 atom stereocenters. The molecule has 1 fully saturated rings. The predicted molar refractivity (Wildman–Crippen MR) is 214 cm³/mol. The number of aliphatic hydroxyl groups is 1. The predicted octanol–water partition coefficient (Wildman–Crippen LogP) is 8.28. The highest BCUT2D eigenvalue weighted by Gasteiger charge is 2.32. The summed E-state index contributed by atoms with van der Waals surface area (Å²) in [5.74, 6) is -0.648. The first-order valence-corrected chi connectivity index (χ1v) is 19.3. The number of amides is 2. The van der Waals surface area contributed by atoms with Gasteiger partial charge in [0.25, 0.3) is 0 Å². The number of benzene rings is 5. The first-order chi connectivity index (χ1) is 26.8. The number of ether oxygens (including phenoxy) is 2. The van der Waals surface area contributed by atoms with Crippen LogP contribution < -0.4 is 16.4 Å². The molecule has 5 aromatic rings. The molecule has 0 bridgehead atoms. The molecule has 6 N–H and O–H groups in total. The van der Waals surface area contributed by atoms with Crippen molar-refractivity contribution >= 4 is 40.9 Å². The van der Waals surface area contributed by atoms with Gasteiger partial charge in [-0.25, -0.2) is 4.79 Å². The Morgan fingerprint density at radius 2 is 1.44 bits per heavy atom. The number of aromatic carboxylic acids is 1. The Bertz CT molecular complexity index is 2070. The summed E-state index contributed by atoms with van der Waals surface area (Å²) in [6, 6.07) is 37.7. The van der Waals surface area contributed by atoms with Crippen molar-refractivity contribution in [3.05, 3.63) is 149 Å². The van der Waals surface area contributed by atoms with Gasteiger partial charge in [0, 0.05) is 42.0 Å². The van der Waals surface area contributed by atoms with Gasteiger partial charge in [-0.05, 0) is 64.9 Å². The van der Waals surface area contributed by atoms with E-state index in [1.807, 2.05) is 97.1 Å². The molecule has 55 heavy (non-hydrogen) atoms. The number of rotatable bonds is 16. The average molecular weight is 760 g/mol. The van der Waals surface area contributed by atoms with Gasteiger partial charge in [-0.15, -0.1) is 11.8 Å². The molecule has 5 aromatic carbocycles. The topological polar surface area (TPSA) is 160 Å². The zero-order valence-electron chi connectivity index (χ0n) is 30.4. The van der Waals surface area contributed by atoms with Crippen molar-refractivity contribution in [1.29, 1.82) is 0 Å². The van der Waals surface area contributed by atoms with E-state index in [0.29, 0.717) is 60.7 Å². The highest BCUT2D eigenvalue weighted by molar-refractivity contribution is 7.99. The SMILES string of the molecule is Nc1ccccc1NC(=O)CCCCC(=O)NCc1ccccc1-c1ccc([C@H]2O[C@@H](CSc3ccccc3C(=O)O)C[C@@H](c3ccc(CO)cc3)O2)cc1. The fraction of sp³-hybridized carbons (Fsp3) is 0.250. The Balaban J connectivity index is 1.07. The van der Waals surface area contributed by atoms with Gasteiger partial charge in [0.1, 0.15) is 0 Å². The second kappa shape index (κ2) is 19.2. The van der Waals surface area contributed by atoms with Gasteiger partial charge in [-0.1, -0.05) is 97.1 Å². The summed E-state index contributed by atoms with van der Waals surface area (Å²) in [5.41, 5.74) is 12.8. The molecule has 0 radical (unpaired) electrons. The first-order valence-electron chi connectivity index (χ1n) is 18.3. The maximum atomic E-state index is 12.7. The number of hydrogen-bond acceptors (Lipinski definition) is 8. The number of unbranched alkanes of at least 4 members (excludes halogenated alkanes) is 1. The van der Waals surface area contributed by atoms with Crippen LogP contribution in [0.15, 0.2) is 126 Å². The summed E-state index contributed by atoms with van der Waals surface area (Å²) in [5, 5.41) is 25.1. The smallest absolute Gasteiger partial charge is 0.336 e. The van der Waals surface area contributed by atoms with Crippen LogP contribution in [0.5, 0.6) is 0 Å². The van der Waals surface area contributed by atoms with Gasteiger partial charge in [0.15, 0.2) is 6.29 Å². The summed E-state index contributed by atoms with van der Waals surface area (Å²) < 4.78 is 13.0. The lowest BCUT2D eigenvalue weighted by Crippen LogP contribution is -2.31. The zero-order chi connectivity index (χ0) is 38.6. The van der Waals surface area contributed by atoms with Crippen LogP contribution in [0.2, 0.25) is 0 Å². The van der Waals surface area contributed by atoms with E-state index >= 15 is 0 Å². The number of nitrogens with one attached hydrogen (secondary N) is 2. The van der Waals surface area contributed by atoms with Crippen LogP contribution in [0.4, 0.5) is 11.4 Å². The first kappa shape index (κ1) is 39.2. The maximum absolute atomic E-state index is 12.7. The highest BCUT2D eigenvalue weighted by atomic mass is 32.2. The fourth-order valence-electron chi connectivity index (χ4n) is 6.43. The fourth-order valence-corrected chi connectivity index (χ4v) is 7.49. The Kier molecular flexibility index (Phi) is 13.7. The Hall–Kier alpha value is -5.46. The van der Waals surface area contributed by atoms with E-state index in [0.717, 1.165) is 33.4 Å². The van der Waals surface area contributed by atoms with E-state index < -0.39 is 12.3 Å². The molecule has 0 unspecified atom stereocenters. The molecular formula is C44H45N3O7S. The molecule has 0 aromatic heterocycles. The standard InChI is InChI=1S/C44H45N3O7S/c45-37-12-4-5-13-38(37)47-42(50)16-8-7-15-41(49)46-26-33-9-1-2-10-35(33)30-21-23-32(24-22-30)44-53-34(28-55-40-14-6-3-11-36(40)43(51)52)25-39(54-44)31-19-17-29(27-48)18-20-31/h1-6,9-14,17-24,34,39,44,48H,7-8,15-16,25-28,45H2,(H,46,49)(H,47,50)(H,51,52)/t34-,39+,44+/m1/s1. The van der Waals surface area contributed by atoms with Crippen LogP contribution in [-0.4, -0.2) is 39.9 Å². The quantitative estimate of drug-likeness (QED) is 0.0379. The van der Waals surface area contributed by atoms with Crippen molar-refractivity contribution in [3.63, 3.8) is 0 Å². The second-order valence-electron chi connectivity index (χ2n) is 13.4. The number of aliphatic hydroxyl groups excluding tert-OH is 1. The van der Waals surface area contributed by atoms with Gasteiger partial charge in [0.05, 0.1) is 35.8 Å². The minimum absolute atomic E-state index is 0.0460. The van der Waals surface area contributed by atoms with E-state index in [9.17, 15) is 24.6 Å². The minimum Gasteiger partial charge on any atom is -0.478 e. The molecule has 1 aliphatic rings. The summed E-state index contributed by atoms with van der Waals surface area (Å²) in [7, 11) is 0. The lowest BCUT2D eigenvalue weighted by atomic mass is 9.97. The third-order valence-electron chi connectivity index (χ3n) is 9.44. The number of carbonyl (C=O) groups is 3. The lowest BCUT2D eigenvalue weighted by molar-refractivity contribution is -0.245. The Labute approximate surface area is 325 Å². The zero-order valence-corrected chi connectivity index (χ0v) is 31.2. The lowest BCUT2D eigenvalue weighted by Gasteiger charge is -2.36. The van der Waals surface area contributed by atoms with E-state index in [-0.39, 0.29) is 36.2 Å². The monoisotopic (exact) mass is 759 g/mol. The number of thioether (sulfide) groups is 1. The maximum Gasteiger partial charge on any atom is 0.336 e.